The molecular weight excluding hydrogens is 713 g/mol. The number of rotatable bonds is 4. The largest absolute Gasteiger partial charge is 0.388 e. The molecule has 2 aromatic rings. The first-order chi connectivity index (χ1) is 24.2. The van der Waals surface area contributed by atoms with Gasteiger partial charge in [-0.3, -0.25) is 29.0 Å². The van der Waals surface area contributed by atoms with Crippen LogP contribution >= 0.6 is 31.4 Å². The van der Waals surface area contributed by atoms with Crippen molar-refractivity contribution in [3.8, 4) is 0 Å². The lowest BCUT2D eigenvalue weighted by molar-refractivity contribution is -0.218. The third-order valence-corrected chi connectivity index (χ3v) is 18.2. The molecule has 6 fully saturated rings. The van der Waals surface area contributed by atoms with E-state index in [1.807, 2.05) is 76.2 Å². The number of hydrogen-bond donors (Lipinski definition) is 4. The summed E-state index contributed by atoms with van der Waals surface area (Å²) in [6.45, 7) is 7.52. The molecule has 8 heterocycles. The Hall–Kier alpha value is -3.15. The maximum Gasteiger partial charge on any atom is 0.279 e. The molecule has 4 N–H and O–H groups in total. The minimum Gasteiger partial charge on any atom is -0.388 e. The van der Waals surface area contributed by atoms with E-state index in [1.165, 1.54) is 47.3 Å². The topological polar surface area (TPSA) is 155 Å². The molecule has 4 amide bonds. The van der Waals surface area contributed by atoms with Crippen molar-refractivity contribution in [2.45, 2.75) is 84.6 Å². The molecule has 2 unspecified atom stereocenters. The summed E-state index contributed by atoms with van der Waals surface area (Å²) >= 11 is 0. The molecule has 8 aliphatic heterocycles. The van der Waals surface area contributed by atoms with Gasteiger partial charge in [-0.2, -0.15) is 0 Å². The average Bonchev–Trinajstić information content (AvgIpc) is 3.69. The fourth-order valence-corrected chi connectivity index (χ4v) is 17.3. The summed E-state index contributed by atoms with van der Waals surface area (Å²) in [6.07, 6.45) is -5.74. The van der Waals surface area contributed by atoms with Crippen molar-refractivity contribution in [2.75, 3.05) is 31.8 Å². The molecule has 10 rings (SSSR count). The lowest BCUT2D eigenvalue weighted by Gasteiger charge is -2.52. The van der Waals surface area contributed by atoms with E-state index in [4.69, 9.17) is 4.74 Å². The Kier molecular flexibility index (Phi) is 6.79. The van der Waals surface area contributed by atoms with Gasteiger partial charge in [0, 0.05) is 32.6 Å². The first-order valence-electron chi connectivity index (χ1n) is 17.1. The van der Waals surface area contributed by atoms with Crippen molar-refractivity contribution in [2.24, 2.45) is 11.8 Å². The maximum absolute atomic E-state index is 15.4. The molecule has 2 aromatic carbocycles. The second-order valence-corrected chi connectivity index (χ2v) is 19.6. The van der Waals surface area contributed by atoms with Gasteiger partial charge in [0.15, 0.2) is 4.87 Å². The molecule has 270 valence electrons. The average molecular weight is 753 g/mol. The molecule has 0 saturated carbocycles. The Labute approximate surface area is 306 Å². The number of ether oxygens (including phenoxy) is 1. The van der Waals surface area contributed by atoms with E-state index in [9.17, 15) is 19.8 Å². The minimum atomic E-state index is -2.23. The molecule has 0 aliphatic carbocycles. The summed E-state index contributed by atoms with van der Waals surface area (Å²) in [5.74, 6) is -2.43. The van der Waals surface area contributed by atoms with Crippen LogP contribution in [-0.2, 0) is 34.7 Å². The van der Waals surface area contributed by atoms with Crippen LogP contribution in [0.2, 0.25) is 0 Å². The van der Waals surface area contributed by atoms with Crippen molar-refractivity contribution >= 4 is 66.4 Å². The summed E-state index contributed by atoms with van der Waals surface area (Å²) in [6, 6.07) is 13.8. The van der Waals surface area contributed by atoms with E-state index in [2.05, 4.69) is 10.6 Å². The van der Waals surface area contributed by atoms with Crippen LogP contribution in [0.1, 0.15) is 38.8 Å². The third-order valence-electron chi connectivity index (χ3n) is 12.9. The van der Waals surface area contributed by atoms with Crippen LogP contribution in [0, 0.1) is 11.8 Å². The number of aliphatic hydroxyl groups is 2. The van der Waals surface area contributed by atoms with E-state index in [0.717, 1.165) is 10.8 Å². The summed E-state index contributed by atoms with van der Waals surface area (Å²) in [4.78, 5) is 62.8. The number of nitrogens with zero attached hydrogens (tertiary/aromatic N) is 4. The van der Waals surface area contributed by atoms with E-state index in [1.54, 1.807) is 14.1 Å². The van der Waals surface area contributed by atoms with Gasteiger partial charge >= 0.3 is 0 Å². The Morgan fingerprint density at radius 1 is 0.765 bits per heavy atom. The number of benzene rings is 2. The van der Waals surface area contributed by atoms with E-state index in [0.29, 0.717) is 22.5 Å². The molecule has 51 heavy (non-hydrogen) atoms. The Bertz CT molecular complexity index is 1950. The van der Waals surface area contributed by atoms with Crippen LogP contribution in [0.5, 0.6) is 0 Å². The fraction of sp³-hybridized carbons (Fsp3) is 0.543. The second-order valence-electron chi connectivity index (χ2n) is 15.3. The SMILES string of the molecule is CO[C@@]12C(=O)N(C)[C@@H](C(C)C)C(=O)N1[C@@H]1Nc3ccccc3C1(C13c4ccccc4N[C@@H]1N1C(=O)[C@@]4(C(C)C)SSS[C@]1(C(=O)N4C)[C@@H]3O)[C@H]2O. The number of carbonyl (C=O) groups is 4. The van der Waals surface area contributed by atoms with Gasteiger partial charge in [-0.25, -0.2) is 0 Å². The number of piperazine rings is 2. The molecule has 1 spiro atoms. The summed E-state index contributed by atoms with van der Waals surface area (Å²) in [5.41, 5.74) is -3.47. The highest BCUT2D eigenvalue weighted by Crippen LogP contribution is 2.76. The monoisotopic (exact) mass is 752 g/mol. The molecule has 6 saturated heterocycles. The minimum absolute atomic E-state index is 0.287. The smallest absolute Gasteiger partial charge is 0.279 e. The standard InChI is InChI=1S/C35H40N6O7S3/c1-16(2)22-23(42)40-26-31(18-12-8-10-14-20(18)36-26,24(43)33(40,48-7)28(45)38(22)5)32-19-13-9-11-15-21(19)37-27(32)41-30(47)34(17(3)4)39(6)29(46)35(41,25(32)44)50-51-49-34/h8-17,22,24-27,36-37,43-44H,1-7H3/t22-,24+,25+,26-,27+,31?,32?,33-,34+,35-/m0/s1. The van der Waals surface area contributed by atoms with Crippen LogP contribution in [0.15, 0.2) is 48.5 Å². The molecule has 10 atom stereocenters. The van der Waals surface area contributed by atoms with Gasteiger partial charge in [-0.1, -0.05) is 64.1 Å². The van der Waals surface area contributed by atoms with Gasteiger partial charge in [-0.15, -0.1) is 0 Å². The highest BCUT2D eigenvalue weighted by atomic mass is 33.5. The van der Waals surface area contributed by atoms with Crippen LogP contribution in [0.3, 0.4) is 0 Å². The van der Waals surface area contributed by atoms with E-state index >= 15 is 9.59 Å². The predicted molar refractivity (Wildman–Crippen MR) is 194 cm³/mol. The molecule has 0 radical (unpaired) electrons. The van der Waals surface area contributed by atoms with Gasteiger partial charge in [0.05, 0.1) is 10.8 Å². The highest BCUT2D eigenvalue weighted by Gasteiger charge is 2.91. The van der Waals surface area contributed by atoms with Gasteiger partial charge in [0.25, 0.3) is 23.4 Å². The van der Waals surface area contributed by atoms with Gasteiger partial charge in [0.2, 0.25) is 10.8 Å². The fourth-order valence-electron chi connectivity index (χ4n) is 11.0. The lowest BCUT2D eigenvalue weighted by Crippen LogP contribution is -2.75. The Morgan fingerprint density at radius 2 is 1.31 bits per heavy atom. The quantitative estimate of drug-likeness (QED) is 0.339. The van der Waals surface area contributed by atoms with Crippen molar-refractivity contribution in [1.82, 2.24) is 19.6 Å². The van der Waals surface area contributed by atoms with Crippen LogP contribution in [-0.4, -0.2) is 121 Å². The summed E-state index contributed by atoms with van der Waals surface area (Å²) in [7, 11) is 8.20. The Morgan fingerprint density at radius 3 is 1.86 bits per heavy atom. The van der Waals surface area contributed by atoms with Gasteiger partial charge in [-0.05, 0) is 66.5 Å². The molecule has 2 bridgehead atoms. The normalized spacial score (nSPS) is 41.7. The summed E-state index contributed by atoms with van der Waals surface area (Å²) < 4.78 is 6.16. The molecule has 13 nitrogen and oxygen atoms in total. The predicted octanol–water partition coefficient (Wildman–Crippen LogP) is 2.17. The van der Waals surface area contributed by atoms with Crippen LogP contribution in [0.4, 0.5) is 11.4 Å². The molecule has 0 aromatic heterocycles. The van der Waals surface area contributed by atoms with E-state index < -0.39 is 74.6 Å². The van der Waals surface area contributed by atoms with Gasteiger partial charge in [0.1, 0.15) is 30.6 Å². The highest BCUT2D eigenvalue weighted by molar-refractivity contribution is 9.10. The number of nitrogens with one attached hydrogen (secondary N) is 2. The van der Waals surface area contributed by atoms with Crippen molar-refractivity contribution < 1.29 is 34.1 Å². The van der Waals surface area contributed by atoms with Crippen molar-refractivity contribution in [3.63, 3.8) is 0 Å². The molecule has 8 aliphatic rings. The number of para-hydroxylation sites is 2. The van der Waals surface area contributed by atoms with Crippen LogP contribution in [0.25, 0.3) is 0 Å². The van der Waals surface area contributed by atoms with Gasteiger partial charge < -0.3 is 35.4 Å². The summed E-state index contributed by atoms with van der Waals surface area (Å²) in [5, 5.41) is 34.1. The Balaban J connectivity index is 1.42. The molecular formula is C35H40N6O7S3. The number of methoxy groups -OCH3 is 1. The number of carbonyl (C=O) groups excluding carboxylic acids is 4. The number of anilines is 2. The number of fused-ring (bicyclic) bond motifs is 12. The third kappa shape index (κ3) is 3.15. The number of amides is 4. The molecule has 16 heteroatoms. The number of hydrogen-bond acceptors (Lipinski definition) is 12. The van der Waals surface area contributed by atoms with Crippen molar-refractivity contribution in [3.05, 3.63) is 59.7 Å². The zero-order valence-corrected chi connectivity index (χ0v) is 31.6. The zero-order valence-electron chi connectivity index (χ0n) is 29.1. The lowest BCUT2D eigenvalue weighted by atomic mass is 9.51. The second kappa shape index (κ2) is 10.3. The van der Waals surface area contributed by atoms with Crippen LogP contribution < -0.4 is 10.6 Å². The first kappa shape index (κ1) is 33.7. The number of aliphatic hydroxyl groups excluding tert-OH is 2. The van der Waals surface area contributed by atoms with E-state index in [-0.39, 0.29) is 17.7 Å². The maximum atomic E-state index is 15.4. The van der Waals surface area contributed by atoms with Crippen molar-refractivity contribution in [1.29, 1.82) is 0 Å². The zero-order chi connectivity index (χ0) is 36.4. The number of likely N-dealkylation sites (N-methyl/N-ethyl adjacent to an activating group) is 2. The first-order valence-corrected chi connectivity index (χ1v) is 20.6.